The molecule has 1 N–H and O–H groups in total. The van der Waals surface area contributed by atoms with Crippen LogP contribution in [0.4, 0.5) is 0 Å². The Morgan fingerprint density at radius 1 is 0.872 bits per heavy atom. The molecule has 202 valence electrons. The van der Waals surface area contributed by atoms with Gasteiger partial charge in [-0.05, 0) is 43.5 Å². The normalized spacial score (nSPS) is 11.8. The molecule has 0 saturated heterocycles. The van der Waals surface area contributed by atoms with Crippen LogP contribution in [0.25, 0.3) is 22.2 Å². The number of hydrogen-bond acceptors (Lipinski definition) is 5. The van der Waals surface area contributed by atoms with Gasteiger partial charge in [0.15, 0.2) is 6.61 Å². The number of nitrogens with zero attached hydrogens (tertiary/aromatic N) is 1. The number of ketones is 1. The van der Waals surface area contributed by atoms with Gasteiger partial charge in [0.2, 0.25) is 5.78 Å². The molecule has 0 bridgehead atoms. The zero-order chi connectivity index (χ0) is 27.9. The van der Waals surface area contributed by atoms with Crippen molar-refractivity contribution in [3.63, 3.8) is 0 Å². The molecule has 7 nitrogen and oxygen atoms in total. The average molecular weight is 527 g/mol. The van der Waals surface area contributed by atoms with Gasteiger partial charge in [0.25, 0.3) is 5.91 Å². The molecule has 1 heterocycles. The summed E-state index contributed by atoms with van der Waals surface area (Å²) in [4.78, 5) is 39.8. The summed E-state index contributed by atoms with van der Waals surface area (Å²) in [7, 11) is 0. The van der Waals surface area contributed by atoms with Crippen molar-refractivity contribution in [2.24, 2.45) is 5.92 Å². The van der Waals surface area contributed by atoms with Gasteiger partial charge in [-0.1, -0.05) is 74.5 Å². The summed E-state index contributed by atoms with van der Waals surface area (Å²) in [5.41, 5.74) is 3.48. The van der Waals surface area contributed by atoms with Crippen molar-refractivity contribution >= 4 is 28.6 Å². The summed E-state index contributed by atoms with van der Waals surface area (Å²) in [6, 6.07) is 23.4. The predicted molar refractivity (Wildman–Crippen MR) is 152 cm³/mol. The number of para-hydroxylation sites is 2. The van der Waals surface area contributed by atoms with E-state index < -0.39 is 24.5 Å². The van der Waals surface area contributed by atoms with Gasteiger partial charge in [0.05, 0.1) is 23.4 Å². The number of fused-ring (bicyclic) bond motifs is 1. The van der Waals surface area contributed by atoms with E-state index in [2.05, 4.69) is 9.88 Å². The van der Waals surface area contributed by atoms with Gasteiger partial charge in [-0.2, -0.15) is 0 Å². The molecular formula is C32H34N2O5. The Labute approximate surface area is 228 Å². The maximum Gasteiger partial charge on any atom is 0.329 e. The number of esters is 1. The van der Waals surface area contributed by atoms with Crippen molar-refractivity contribution in [1.82, 2.24) is 9.88 Å². The van der Waals surface area contributed by atoms with Gasteiger partial charge in [-0.15, -0.1) is 0 Å². The molecule has 4 aromatic rings. The van der Waals surface area contributed by atoms with Gasteiger partial charge >= 0.3 is 5.97 Å². The minimum atomic E-state index is -0.939. The fourth-order valence-corrected chi connectivity index (χ4v) is 4.76. The van der Waals surface area contributed by atoms with Crippen LogP contribution in [0.3, 0.4) is 0 Å². The maximum atomic E-state index is 13.6. The van der Waals surface area contributed by atoms with Crippen LogP contribution in [0.15, 0.2) is 78.9 Å². The van der Waals surface area contributed by atoms with E-state index in [0.29, 0.717) is 30.0 Å². The standard InChI is InChI=1S/C32H34N2O5/c1-5-34-25-18-12-10-16-23(25)28(30(34)22-14-8-7-9-15-22)26(35)20-39-32(37)29(21(3)4)33-31(36)24-17-11-13-19-27(24)38-6-2/h7-19,21,29H,5-6,20H2,1-4H3,(H,33,36)/t29-/m1/s1. The van der Waals surface area contributed by atoms with Gasteiger partial charge < -0.3 is 19.4 Å². The zero-order valence-electron chi connectivity index (χ0n) is 22.8. The third-order valence-corrected chi connectivity index (χ3v) is 6.60. The lowest BCUT2D eigenvalue weighted by atomic mass is 10.0. The highest BCUT2D eigenvalue weighted by Gasteiger charge is 2.29. The second-order valence-electron chi connectivity index (χ2n) is 9.51. The van der Waals surface area contributed by atoms with Gasteiger partial charge in [0, 0.05) is 17.4 Å². The molecule has 1 aromatic heterocycles. The molecule has 39 heavy (non-hydrogen) atoms. The second-order valence-corrected chi connectivity index (χ2v) is 9.51. The molecule has 7 heteroatoms. The third kappa shape index (κ3) is 5.87. The summed E-state index contributed by atoms with van der Waals surface area (Å²) in [6.07, 6.45) is 0. The van der Waals surface area contributed by atoms with E-state index in [9.17, 15) is 14.4 Å². The van der Waals surface area contributed by atoms with Gasteiger partial charge in [0.1, 0.15) is 11.8 Å². The monoisotopic (exact) mass is 526 g/mol. The molecule has 0 aliphatic heterocycles. The van der Waals surface area contributed by atoms with Crippen LogP contribution >= 0.6 is 0 Å². The van der Waals surface area contributed by atoms with E-state index in [-0.39, 0.29) is 11.7 Å². The Hall–Kier alpha value is -4.39. The first-order valence-electron chi connectivity index (χ1n) is 13.3. The van der Waals surface area contributed by atoms with Crippen molar-refractivity contribution in [3.05, 3.63) is 90.0 Å². The Kier molecular flexibility index (Phi) is 8.81. The summed E-state index contributed by atoms with van der Waals surface area (Å²) in [5, 5.41) is 3.57. The molecule has 4 rings (SSSR count). The molecule has 0 saturated carbocycles. The lowest BCUT2D eigenvalue weighted by Gasteiger charge is -2.21. The maximum absolute atomic E-state index is 13.6. The molecule has 0 aliphatic rings. The fraction of sp³-hybridized carbons (Fsp3) is 0.281. The molecule has 0 aliphatic carbocycles. The highest BCUT2D eigenvalue weighted by molar-refractivity contribution is 6.14. The highest BCUT2D eigenvalue weighted by atomic mass is 16.5. The number of ether oxygens (including phenoxy) is 2. The number of carbonyl (C=O) groups excluding carboxylic acids is 3. The van der Waals surface area contributed by atoms with Crippen molar-refractivity contribution < 1.29 is 23.9 Å². The van der Waals surface area contributed by atoms with E-state index in [1.165, 1.54) is 0 Å². The Morgan fingerprint density at radius 3 is 2.23 bits per heavy atom. The van der Waals surface area contributed by atoms with Crippen LogP contribution in [-0.2, 0) is 16.1 Å². The Bertz CT molecular complexity index is 1470. The van der Waals surface area contributed by atoms with Crippen LogP contribution in [0.1, 0.15) is 48.4 Å². The highest BCUT2D eigenvalue weighted by Crippen LogP contribution is 2.34. The lowest BCUT2D eigenvalue weighted by Crippen LogP contribution is -2.45. The largest absolute Gasteiger partial charge is 0.493 e. The molecular weight excluding hydrogens is 492 g/mol. The van der Waals surface area contributed by atoms with Crippen LogP contribution in [0, 0.1) is 5.92 Å². The number of hydrogen-bond donors (Lipinski definition) is 1. The number of Topliss-reactive ketones (excluding diaryl/α,β-unsaturated/α-hetero) is 1. The van der Waals surface area contributed by atoms with Crippen molar-refractivity contribution in [2.75, 3.05) is 13.2 Å². The topological polar surface area (TPSA) is 86.6 Å². The SMILES string of the molecule is CCOc1ccccc1C(=O)N[C@@H](C(=O)OCC(=O)c1c(-c2ccccc2)n(CC)c2ccccc12)C(C)C. The zero-order valence-corrected chi connectivity index (χ0v) is 22.8. The molecule has 0 fully saturated rings. The fourth-order valence-electron chi connectivity index (χ4n) is 4.76. The number of rotatable bonds is 11. The van der Waals surface area contributed by atoms with Crippen LogP contribution in [0.5, 0.6) is 5.75 Å². The van der Waals surface area contributed by atoms with E-state index >= 15 is 0 Å². The van der Waals surface area contributed by atoms with Crippen LogP contribution < -0.4 is 10.1 Å². The Morgan fingerprint density at radius 2 is 1.54 bits per heavy atom. The summed E-state index contributed by atoms with van der Waals surface area (Å²) < 4.78 is 13.2. The third-order valence-electron chi connectivity index (χ3n) is 6.60. The average Bonchev–Trinajstić information content (AvgIpc) is 3.29. The molecule has 0 unspecified atom stereocenters. The Balaban J connectivity index is 1.57. The number of amides is 1. The number of aryl methyl sites for hydroxylation is 1. The first-order valence-corrected chi connectivity index (χ1v) is 13.3. The van der Waals surface area contributed by atoms with Crippen molar-refractivity contribution in [3.8, 4) is 17.0 Å². The van der Waals surface area contributed by atoms with Gasteiger partial charge in [-0.3, -0.25) is 9.59 Å². The number of nitrogens with one attached hydrogen (secondary N) is 1. The molecule has 3 aromatic carbocycles. The number of benzene rings is 3. The number of carbonyl (C=O) groups is 3. The molecule has 1 atom stereocenters. The second kappa shape index (κ2) is 12.4. The smallest absolute Gasteiger partial charge is 0.329 e. The summed E-state index contributed by atoms with van der Waals surface area (Å²) >= 11 is 0. The minimum absolute atomic E-state index is 0.266. The van der Waals surface area contributed by atoms with E-state index in [4.69, 9.17) is 9.47 Å². The molecule has 0 spiro atoms. The molecule has 1 amide bonds. The van der Waals surface area contributed by atoms with E-state index in [1.54, 1.807) is 24.3 Å². The number of aromatic nitrogens is 1. The summed E-state index contributed by atoms with van der Waals surface area (Å²) in [5.74, 6) is -1.25. The van der Waals surface area contributed by atoms with Gasteiger partial charge in [-0.25, -0.2) is 4.79 Å². The van der Waals surface area contributed by atoms with E-state index in [0.717, 1.165) is 22.2 Å². The lowest BCUT2D eigenvalue weighted by molar-refractivity contribution is -0.145. The van der Waals surface area contributed by atoms with Crippen molar-refractivity contribution in [1.29, 1.82) is 0 Å². The molecule has 0 radical (unpaired) electrons. The van der Waals surface area contributed by atoms with E-state index in [1.807, 2.05) is 82.3 Å². The van der Waals surface area contributed by atoms with Crippen LogP contribution in [-0.4, -0.2) is 41.5 Å². The first-order chi connectivity index (χ1) is 18.9. The van der Waals surface area contributed by atoms with Crippen molar-refractivity contribution in [2.45, 2.75) is 40.3 Å². The first kappa shape index (κ1) is 27.6. The minimum Gasteiger partial charge on any atom is -0.493 e. The predicted octanol–water partition coefficient (Wildman–Crippen LogP) is 5.91. The quantitative estimate of drug-likeness (QED) is 0.194. The summed E-state index contributed by atoms with van der Waals surface area (Å²) in [6.45, 7) is 8.12. The van der Waals surface area contributed by atoms with Crippen LogP contribution in [0.2, 0.25) is 0 Å².